The van der Waals surface area contributed by atoms with Crippen LogP contribution >= 0.6 is 42.8 Å². The third kappa shape index (κ3) is 2.85. The van der Waals surface area contributed by atoms with E-state index in [-0.39, 0.29) is 4.49 Å². The molecule has 0 fully saturated rings. The molecule has 1 N–H and O–H groups in total. The SMILES string of the molecule is O=[P+](O)C(Cl)=C(Cl)Cl. The summed E-state index contributed by atoms with van der Waals surface area (Å²) in [5.74, 6) is 0. The summed E-state index contributed by atoms with van der Waals surface area (Å²) in [6.07, 6.45) is 0. The predicted molar refractivity (Wildman–Crippen MR) is 34.4 cm³/mol. The van der Waals surface area contributed by atoms with Crippen molar-refractivity contribution in [2.24, 2.45) is 0 Å². The topological polar surface area (TPSA) is 37.3 Å². The Morgan fingerprint density at radius 1 is 1.38 bits per heavy atom. The van der Waals surface area contributed by atoms with E-state index >= 15 is 0 Å². The molecule has 0 saturated heterocycles. The van der Waals surface area contributed by atoms with Crippen molar-refractivity contribution in [1.29, 1.82) is 0 Å². The number of halogens is 3. The maximum Gasteiger partial charge on any atom is 0.561 e. The average molecular weight is 194 g/mol. The molecule has 0 aromatic heterocycles. The van der Waals surface area contributed by atoms with Gasteiger partial charge in [0.2, 0.25) is 0 Å². The fourth-order valence-corrected chi connectivity index (χ4v) is 0.651. The minimum absolute atomic E-state index is 0.365. The van der Waals surface area contributed by atoms with Gasteiger partial charge in [-0.05, 0) is 16.2 Å². The molecule has 0 saturated carbocycles. The minimum atomic E-state index is -2.57. The van der Waals surface area contributed by atoms with Gasteiger partial charge in [-0.15, -0.1) is 0 Å². The van der Waals surface area contributed by atoms with Crippen molar-refractivity contribution in [3.05, 3.63) is 9.26 Å². The normalized spacial score (nSPS) is 10.8. The van der Waals surface area contributed by atoms with E-state index in [2.05, 4.69) is 0 Å². The Labute approximate surface area is 61.9 Å². The molecule has 0 radical (unpaired) electrons. The Hall–Kier alpha value is 0.670. The molecule has 0 spiro atoms. The molecule has 0 aliphatic carbocycles. The lowest BCUT2D eigenvalue weighted by atomic mass is 11.2. The summed E-state index contributed by atoms with van der Waals surface area (Å²) in [5, 5.41) is 0. The third-order valence-electron chi connectivity index (χ3n) is 0.324. The van der Waals surface area contributed by atoms with Crippen molar-refractivity contribution in [3.8, 4) is 0 Å². The first-order valence-electron chi connectivity index (χ1n) is 1.42. The standard InChI is InChI=1S/C2Cl3O2P/c3-1(4)2(5)8(6)7/p+1. The van der Waals surface area contributed by atoms with Crippen molar-refractivity contribution < 1.29 is 9.46 Å². The second-order valence-electron chi connectivity index (χ2n) is 0.824. The summed E-state index contributed by atoms with van der Waals surface area (Å²) >= 11 is 15.0. The Bertz CT molecular complexity index is 138. The smallest absolute Gasteiger partial charge is 0.155 e. The van der Waals surface area contributed by atoms with Crippen molar-refractivity contribution in [2.45, 2.75) is 0 Å². The summed E-state index contributed by atoms with van der Waals surface area (Å²) in [7, 11) is -2.57. The third-order valence-corrected chi connectivity index (χ3v) is 2.34. The van der Waals surface area contributed by atoms with Gasteiger partial charge in [-0.2, -0.15) is 4.89 Å². The van der Waals surface area contributed by atoms with E-state index in [0.29, 0.717) is 0 Å². The Balaban J connectivity index is 4.23. The van der Waals surface area contributed by atoms with Crippen LogP contribution in [0.15, 0.2) is 9.26 Å². The number of hydrogen-bond acceptors (Lipinski definition) is 1. The van der Waals surface area contributed by atoms with Gasteiger partial charge in [0.15, 0.2) is 4.49 Å². The largest absolute Gasteiger partial charge is 0.561 e. The van der Waals surface area contributed by atoms with E-state index in [4.69, 9.17) is 39.7 Å². The molecule has 0 bridgehead atoms. The monoisotopic (exact) mass is 193 g/mol. The van der Waals surface area contributed by atoms with Gasteiger partial charge < -0.3 is 0 Å². The molecule has 0 aliphatic heterocycles. The molecule has 46 valence electrons. The van der Waals surface area contributed by atoms with Gasteiger partial charge in [0, 0.05) is 0 Å². The van der Waals surface area contributed by atoms with E-state index in [1.165, 1.54) is 0 Å². The molecule has 8 heavy (non-hydrogen) atoms. The Morgan fingerprint density at radius 2 is 1.75 bits per heavy atom. The summed E-state index contributed by atoms with van der Waals surface area (Å²) in [5.41, 5.74) is 0. The molecule has 1 unspecified atom stereocenters. The molecule has 0 aromatic rings. The highest BCUT2D eigenvalue weighted by atomic mass is 35.5. The minimum Gasteiger partial charge on any atom is -0.155 e. The Kier molecular flexibility index (Phi) is 3.95. The Morgan fingerprint density at radius 3 is 1.75 bits per heavy atom. The van der Waals surface area contributed by atoms with Crippen molar-refractivity contribution in [1.82, 2.24) is 0 Å². The maximum atomic E-state index is 9.93. The van der Waals surface area contributed by atoms with Crippen molar-refractivity contribution >= 4 is 42.8 Å². The highest BCUT2D eigenvalue weighted by molar-refractivity contribution is 7.46. The van der Waals surface area contributed by atoms with Gasteiger partial charge >= 0.3 is 12.8 Å². The fourth-order valence-electron chi connectivity index (χ4n) is 0.0723. The lowest BCUT2D eigenvalue weighted by Gasteiger charge is -1.72. The second-order valence-corrected chi connectivity index (χ2v) is 3.41. The highest BCUT2D eigenvalue weighted by Gasteiger charge is 2.21. The van der Waals surface area contributed by atoms with E-state index in [1.807, 2.05) is 0 Å². The van der Waals surface area contributed by atoms with Crippen molar-refractivity contribution in [3.63, 3.8) is 0 Å². The molecule has 1 atom stereocenters. The van der Waals surface area contributed by atoms with Crippen LogP contribution in [-0.4, -0.2) is 4.89 Å². The zero-order chi connectivity index (χ0) is 6.73. The van der Waals surface area contributed by atoms with Crippen LogP contribution in [0.2, 0.25) is 0 Å². The fraction of sp³-hybridized carbons (Fsp3) is 0. The molecule has 0 rings (SSSR count). The second kappa shape index (κ2) is 3.65. The molecule has 2 nitrogen and oxygen atoms in total. The molecule has 6 heteroatoms. The quantitative estimate of drug-likeness (QED) is 0.651. The van der Waals surface area contributed by atoms with Crippen LogP contribution in [-0.2, 0) is 4.57 Å². The molecule has 0 amide bonds. The zero-order valence-electron chi connectivity index (χ0n) is 3.44. The predicted octanol–water partition coefficient (Wildman–Crippen LogP) is 2.56. The summed E-state index contributed by atoms with van der Waals surface area (Å²) in [6, 6.07) is 0. The molecule has 0 aliphatic rings. The molecule has 0 heterocycles. The first kappa shape index (κ1) is 8.67. The maximum absolute atomic E-state index is 9.93. The van der Waals surface area contributed by atoms with Crippen LogP contribution in [0.3, 0.4) is 0 Å². The van der Waals surface area contributed by atoms with Crippen LogP contribution in [0.25, 0.3) is 0 Å². The van der Waals surface area contributed by atoms with Crippen LogP contribution in [0.4, 0.5) is 0 Å². The van der Waals surface area contributed by atoms with Crippen LogP contribution in [0.1, 0.15) is 0 Å². The molecular weight excluding hydrogens is 193 g/mol. The van der Waals surface area contributed by atoms with E-state index in [1.54, 1.807) is 0 Å². The van der Waals surface area contributed by atoms with Gasteiger partial charge in [0.05, 0.1) is 0 Å². The van der Waals surface area contributed by atoms with E-state index in [0.717, 1.165) is 0 Å². The van der Waals surface area contributed by atoms with Crippen LogP contribution in [0, 0.1) is 0 Å². The van der Waals surface area contributed by atoms with Gasteiger partial charge in [-0.1, -0.05) is 23.2 Å². The summed E-state index contributed by atoms with van der Waals surface area (Å²) < 4.78 is 9.15. The van der Waals surface area contributed by atoms with E-state index in [9.17, 15) is 4.57 Å². The molecule has 0 aromatic carbocycles. The van der Waals surface area contributed by atoms with Gasteiger partial charge in [0.25, 0.3) is 0 Å². The lowest BCUT2D eigenvalue weighted by molar-refractivity contribution is 0.511. The van der Waals surface area contributed by atoms with E-state index < -0.39 is 12.8 Å². The van der Waals surface area contributed by atoms with Crippen LogP contribution in [0.5, 0.6) is 0 Å². The molecular formula is C2HCl3O2P+. The first-order valence-corrected chi connectivity index (χ1v) is 3.77. The lowest BCUT2D eigenvalue weighted by Crippen LogP contribution is -1.59. The summed E-state index contributed by atoms with van der Waals surface area (Å²) in [6.45, 7) is 0. The van der Waals surface area contributed by atoms with Crippen LogP contribution < -0.4 is 0 Å². The number of rotatable bonds is 1. The average Bonchev–Trinajstić information content (AvgIpc) is 1.64. The summed E-state index contributed by atoms with van der Waals surface area (Å²) in [4.78, 5) is 8.14. The van der Waals surface area contributed by atoms with Crippen molar-refractivity contribution in [2.75, 3.05) is 0 Å². The highest BCUT2D eigenvalue weighted by Crippen LogP contribution is 2.36. The first-order chi connectivity index (χ1) is 3.55. The number of hydrogen-bond donors (Lipinski definition) is 1. The van der Waals surface area contributed by atoms with Gasteiger partial charge in [0.1, 0.15) is 0 Å². The van der Waals surface area contributed by atoms with Gasteiger partial charge in [-0.3, -0.25) is 0 Å². The zero-order valence-corrected chi connectivity index (χ0v) is 6.60. The van der Waals surface area contributed by atoms with Gasteiger partial charge in [-0.25, -0.2) is 0 Å².